The molecule has 6 nitrogen and oxygen atoms in total. The van der Waals surface area contributed by atoms with E-state index in [2.05, 4.69) is 15.6 Å². The summed E-state index contributed by atoms with van der Waals surface area (Å²) in [4.78, 5) is 26.4. The van der Waals surface area contributed by atoms with Gasteiger partial charge in [0.2, 0.25) is 5.91 Å². The van der Waals surface area contributed by atoms with Crippen molar-refractivity contribution in [1.82, 2.24) is 10.3 Å². The molecule has 98 valence electrons. The monoisotopic (exact) mass is 251 g/mol. The highest BCUT2D eigenvalue weighted by Crippen LogP contribution is 2.14. The van der Waals surface area contributed by atoms with Gasteiger partial charge in [0.15, 0.2) is 0 Å². The number of rotatable bonds is 6. The molecule has 0 radical (unpaired) electrons. The number of nitrogens with zero attached hydrogens (tertiary/aromatic N) is 1. The third kappa shape index (κ3) is 3.73. The molecule has 0 fully saturated rings. The Labute approximate surface area is 105 Å². The summed E-state index contributed by atoms with van der Waals surface area (Å²) in [5.74, 6) is -1.24. The Kier molecular flexibility index (Phi) is 5.10. The first kappa shape index (κ1) is 14.0. The summed E-state index contributed by atoms with van der Waals surface area (Å²) in [5, 5.41) is 14.6. The maximum atomic E-state index is 11.7. The molecular formula is C12H17N3O3. The Morgan fingerprint density at radius 2 is 2.22 bits per heavy atom. The number of carboxylic acids is 1. The number of hydrogen-bond donors (Lipinski definition) is 3. The SMILES string of the molecule is CCCNC(=O)C(C)Nc1ccncc1C(=O)O. The van der Waals surface area contributed by atoms with Crippen LogP contribution in [0.4, 0.5) is 5.69 Å². The first-order chi connectivity index (χ1) is 8.56. The second-order valence-electron chi connectivity index (χ2n) is 3.88. The van der Waals surface area contributed by atoms with Gasteiger partial charge in [-0.05, 0) is 19.4 Å². The van der Waals surface area contributed by atoms with Crippen LogP contribution in [-0.2, 0) is 4.79 Å². The molecule has 0 aliphatic heterocycles. The predicted octanol–water partition coefficient (Wildman–Crippen LogP) is 1.11. The van der Waals surface area contributed by atoms with Gasteiger partial charge in [0.1, 0.15) is 11.6 Å². The molecule has 6 heteroatoms. The van der Waals surface area contributed by atoms with Gasteiger partial charge in [-0.2, -0.15) is 0 Å². The van der Waals surface area contributed by atoms with Crippen LogP contribution in [-0.4, -0.2) is 34.6 Å². The molecule has 18 heavy (non-hydrogen) atoms. The average molecular weight is 251 g/mol. The molecule has 0 saturated heterocycles. The fourth-order valence-electron chi connectivity index (χ4n) is 1.39. The van der Waals surface area contributed by atoms with E-state index in [1.54, 1.807) is 6.92 Å². The summed E-state index contributed by atoms with van der Waals surface area (Å²) < 4.78 is 0. The number of carbonyl (C=O) groups excluding carboxylic acids is 1. The van der Waals surface area contributed by atoms with E-state index in [-0.39, 0.29) is 11.5 Å². The first-order valence-corrected chi connectivity index (χ1v) is 5.77. The molecule has 1 amide bonds. The topological polar surface area (TPSA) is 91.3 Å². The molecule has 0 saturated carbocycles. The minimum atomic E-state index is -1.08. The normalized spacial score (nSPS) is 11.7. The number of aromatic nitrogens is 1. The van der Waals surface area contributed by atoms with Crippen LogP contribution in [0.15, 0.2) is 18.5 Å². The van der Waals surface area contributed by atoms with Gasteiger partial charge in [-0.15, -0.1) is 0 Å². The number of carboxylic acid groups (broad SMARTS) is 1. The largest absolute Gasteiger partial charge is 0.478 e. The Hall–Kier alpha value is -2.11. The van der Waals surface area contributed by atoms with Crippen molar-refractivity contribution in [2.45, 2.75) is 26.3 Å². The second-order valence-corrected chi connectivity index (χ2v) is 3.88. The lowest BCUT2D eigenvalue weighted by molar-refractivity contribution is -0.121. The van der Waals surface area contributed by atoms with Crippen molar-refractivity contribution in [3.63, 3.8) is 0 Å². The highest BCUT2D eigenvalue weighted by Gasteiger charge is 2.16. The van der Waals surface area contributed by atoms with Crippen molar-refractivity contribution in [3.05, 3.63) is 24.0 Å². The molecular weight excluding hydrogens is 234 g/mol. The Morgan fingerprint density at radius 3 is 2.83 bits per heavy atom. The van der Waals surface area contributed by atoms with E-state index in [1.165, 1.54) is 18.5 Å². The molecule has 1 aromatic heterocycles. The van der Waals surface area contributed by atoms with Gasteiger partial charge in [-0.25, -0.2) is 4.79 Å². The van der Waals surface area contributed by atoms with Crippen molar-refractivity contribution < 1.29 is 14.7 Å². The van der Waals surface area contributed by atoms with Crippen molar-refractivity contribution in [2.75, 3.05) is 11.9 Å². The third-order valence-electron chi connectivity index (χ3n) is 2.37. The Balaban J connectivity index is 2.72. The zero-order valence-electron chi connectivity index (χ0n) is 10.4. The molecule has 0 spiro atoms. The molecule has 1 rings (SSSR count). The highest BCUT2D eigenvalue weighted by atomic mass is 16.4. The van der Waals surface area contributed by atoms with Crippen LogP contribution in [0.2, 0.25) is 0 Å². The van der Waals surface area contributed by atoms with Crippen LogP contribution in [0.3, 0.4) is 0 Å². The lowest BCUT2D eigenvalue weighted by Crippen LogP contribution is -2.38. The van der Waals surface area contributed by atoms with E-state index in [1.807, 2.05) is 6.92 Å². The zero-order chi connectivity index (χ0) is 13.5. The summed E-state index contributed by atoms with van der Waals surface area (Å²) in [6.07, 6.45) is 3.58. The van der Waals surface area contributed by atoms with Gasteiger partial charge in [0, 0.05) is 18.9 Å². The average Bonchev–Trinajstić information content (AvgIpc) is 2.36. The summed E-state index contributed by atoms with van der Waals surface area (Å²) in [7, 11) is 0. The Bertz CT molecular complexity index is 434. The van der Waals surface area contributed by atoms with Crippen LogP contribution < -0.4 is 10.6 Å². The van der Waals surface area contributed by atoms with E-state index in [0.717, 1.165) is 6.42 Å². The number of carbonyl (C=O) groups is 2. The molecule has 1 unspecified atom stereocenters. The number of aromatic carboxylic acids is 1. The van der Waals surface area contributed by atoms with E-state index in [9.17, 15) is 9.59 Å². The van der Waals surface area contributed by atoms with E-state index in [4.69, 9.17) is 5.11 Å². The summed E-state index contributed by atoms with van der Waals surface area (Å²) in [6, 6.07) is 1.03. The van der Waals surface area contributed by atoms with Crippen molar-refractivity contribution >= 4 is 17.6 Å². The maximum Gasteiger partial charge on any atom is 0.339 e. The van der Waals surface area contributed by atoms with E-state index in [0.29, 0.717) is 12.2 Å². The minimum Gasteiger partial charge on any atom is -0.478 e. The van der Waals surface area contributed by atoms with Gasteiger partial charge in [-0.3, -0.25) is 9.78 Å². The van der Waals surface area contributed by atoms with Gasteiger partial charge < -0.3 is 15.7 Å². The molecule has 1 heterocycles. The lowest BCUT2D eigenvalue weighted by atomic mass is 10.2. The number of anilines is 1. The number of amides is 1. The summed E-state index contributed by atoms with van der Waals surface area (Å²) in [6.45, 7) is 4.24. The zero-order valence-corrected chi connectivity index (χ0v) is 10.4. The quantitative estimate of drug-likeness (QED) is 0.704. The number of pyridine rings is 1. The standard InChI is InChI=1S/C12H17N3O3/c1-3-5-14-11(16)8(2)15-10-4-6-13-7-9(10)12(17)18/h4,6-8H,3,5H2,1-2H3,(H,13,15)(H,14,16)(H,17,18). The molecule has 1 aromatic rings. The molecule has 0 aliphatic rings. The smallest absolute Gasteiger partial charge is 0.339 e. The first-order valence-electron chi connectivity index (χ1n) is 5.77. The van der Waals surface area contributed by atoms with Crippen molar-refractivity contribution in [3.8, 4) is 0 Å². The van der Waals surface area contributed by atoms with E-state index >= 15 is 0 Å². The van der Waals surface area contributed by atoms with Gasteiger partial charge in [0.05, 0.1) is 5.69 Å². The predicted molar refractivity (Wildman–Crippen MR) is 67.6 cm³/mol. The summed E-state index contributed by atoms with van der Waals surface area (Å²) in [5.41, 5.74) is 0.435. The maximum absolute atomic E-state index is 11.7. The molecule has 0 aliphatic carbocycles. The van der Waals surface area contributed by atoms with Gasteiger partial charge in [-0.1, -0.05) is 6.92 Å². The minimum absolute atomic E-state index is 0.0487. The molecule has 1 atom stereocenters. The lowest BCUT2D eigenvalue weighted by Gasteiger charge is -2.16. The van der Waals surface area contributed by atoms with Crippen LogP contribution in [0.5, 0.6) is 0 Å². The fraction of sp³-hybridized carbons (Fsp3) is 0.417. The molecule has 0 bridgehead atoms. The number of hydrogen-bond acceptors (Lipinski definition) is 4. The fourth-order valence-corrected chi connectivity index (χ4v) is 1.39. The second kappa shape index (κ2) is 6.58. The van der Waals surface area contributed by atoms with Crippen molar-refractivity contribution in [1.29, 1.82) is 0 Å². The van der Waals surface area contributed by atoms with Crippen molar-refractivity contribution in [2.24, 2.45) is 0 Å². The van der Waals surface area contributed by atoms with Crippen LogP contribution in [0, 0.1) is 0 Å². The molecule has 3 N–H and O–H groups in total. The van der Waals surface area contributed by atoms with Crippen LogP contribution in [0.1, 0.15) is 30.6 Å². The van der Waals surface area contributed by atoms with Gasteiger partial charge in [0.25, 0.3) is 0 Å². The van der Waals surface area contributed by atoms with Crippen LogP contribution >= 0.6 is 0 Å². The number of nitrogens with one attached hydrogen (secondary N) is 2. The van der Waals surface area contributed by atoms with Crippen LogP contribution in [0.25, 0.3) is 0 Å². The van der Waals surface area contributed by atoms with E-state index < -0.39 is 12.0 Å². The Morgan fingerprint density at radius 1 is 1.50 bits per heavy atom. The molecule has 0 aromatic carbocycles. The highest BCUT2D eigenvalue weighted by molar-refractivity contribution is 5.95. The summed E-state index contributed by atoms with van der Waals surface area (Å²) >= 11 is 0. The third-order valence-corrected chi connectivity index (χ3v) is 2.37. The van der Waals surface area contributed by atoms with Gasteiger partial charge >= 0.3 is 5.97 Å².